The summed E-state index contributed by atoms with van der Waals surface area (Å²) in [6.45, 7) is 0. The van der Waals surface area contributed by atoms with Crippen LogP contribution in [0.5, 0.6) is 0 Å². The third-order valence-corrected chi connectivity index (χ3v) is 2.90. The van der Waals surface area contributed by atoms with Gasteiger partial charge < -0.3 is 11.1 Å². The molecule has 104 valence electrons. The van der Waals surface area contributed by atoms with Gasteiger partial charge >= 0.3 is 0 Å². The SMILES string of the molecule is N#CCc1cccc(C(=O)Nc2ccc(C(N)=O)cc2)c1. The minimum absolute atomic E-state index is 0.258. The van der Waals surface area contributed by atoms with Crippen molar-refractivity contribution in [3.05, 3.63) is 65.2 Å². The van der Waals surface area contributed by atoms with Crippen molar-refractivity contribution in [1.82, 2.24) is 0 Å². The van der Waals surface area contributed by atoms with Gasteiger partial charge in [0.25, 0.3) is 5.91 Å². The molecule has 0 aliphatic carbocycles. The number of rotatable bonds is 4. The summed E-state index contributed by atoms with van der Waals surface area (Å²) in [7, 11) is 0. The molecule has 0 aliphatic rings. The number of anilines is 1. The fourth-order valence-corrected chi connectivity index (χ4v) is 1.83. The second kappa shape index (κ2) is 6.35. The van der Waals surface area contributed by atoms with Crippen LogP contribution >= 0.6 is 0 Å². The van der Waals surface area contributed by atoms with Gasteiger partial charge in [0.15, 0.2) is 0 Å². The van der Waals surface area contributed by atoms with E-state index in [0.717, 1.165) is 5.56 Å². The zero-order valence-electron chi connectivity index (χ0n) is 11.2. The highest BCUT2D eigenvalue weighted by atomic mass is 16.2. The van der Waals surface area contributed by atoms with Crippen LogP contribution in [0.25, 0.3) is 0 Å². The van der Waals surface area contributed by atoms with Crippen molar-refractivity contribution >= 4 is 17.5 Å². The lowest BCUT2D eigenvalue weighted by molar-refractivity contribution is 0.0998. The standard InChI is InChI=1S/C16H13N3O2/c17-9-8-11-2-1-3-13(10-11)16(21)19-14-6-4-12(5-7-14)15(18)20/h1-7,10H,8H2,(H2,18,20)(H,19,21). The summed E-state index contributed by atoms with van der Waals surface area (Å²) in [4.78, 5) is 23.1. The number of carbonyl (C=O) groups excluding carboxylic acids is 2. The fraction of sp³-hybridized carbons (Fsp3) is 0.0625. The average molecular weight is 279 g/mol. The van der Waals surface area contributed by atoms with E-state index in [1.54, 1.807) is 48.5 Å². The summed E-state index contributed by atoms with van der Waals surface area (Å²) >= 11 is 0. The van der Waals surface area contributed by atoms with Gasteiger partial charge in [-0.1, -0.05) is 12.1 Å². The van der Waals surface area contributed by atoms with Crippen LogP contribution in [0.4, 0.5) is 5.69 Å². The van der Waals surface area contributed by atoms with E-state index in [0.29, 0.717) is 16.8 Å². The van der Waals surface area contributed by atoms with Crippen molar-refractivity contribution in [1.29, 1.82) is 5.26 Å². The molecule has 0 bridgehead atoms. The summed E-state index contributed by atoms with van der Waals surface area (Å²) in [5, 5.41) is 11.4. The summed E-state index contributed by atoms with van der Waals surface area (Å²) in [6.07, 6.45) is 0.258. The van der Waals surface area contributed by atoms with Crippen LogP contribution in [0, 0.1) is 11.3 Å². The molecule has 5 heteroatoms. The van der Waals surface area contributed by atoms with E-state index in [4.69, 9.17) is 11.0 Å². The van der Waals surface area contributed by atoms with Crippen LogP contribution in [-0.4, -0.2) is 11.8 Å². The smallest absolute Gasteiger partial charge is 0.255 e. The Labute approximate surface area is 122 Å². The summed E-state index contributed by atoms with van der Waals surface area (Å²) in [6, 6.07) is 15.2. The summed E-state index contributed by atoms with van der Waals surface area (Å²) < 4.78 is 0. The molecule has 0 fully saturated rings. The average Bonchev–Trinajstić information content (AvgIpc) is 2.48. The first kappa shape index (κ1) is 14.3. The highest BCUT2D eigenvalue weighted by Gasteiger charge is 2.07. The fourth-order valence-electron chi connectivity index (χ4n) is 1.83. The number of hydrogen-bond acceptors (Lipinski definition) is 3. The number of carbonyl (C=O) groups is 2. The van der Waals surface area contributed by atoms with E-state index in [-0.39, 0.29) is 12.3 Å². The van der Waals surface area contributed by atoms with Crippen molar-refractivity contribution < 1.29 is 9.59 Å². The largest absolute Gasteiger partial charge is 0.366 e. The Kier molecular flexibility index (Phi) is 4.32. The topological polar surface area (TPSA) is 96.0 Å². The first-order chi connectivity index (χ1) is 10.1. The highest BCUT2D eigenvalue weighted by Crippen LogP contribution is 2.12. The van der Waals surface area contributed by atoms with E-state index in [2.05, 4.69) is 5.32 Å². The van der Waals surface area contributed by atoms with Crippen LogP contribution in [0.1, 0.15) is 26.3 Å². The summed E-state index contributed by atoms with van der Waals surface area (Å²) in [5.74, 6) is -0.793. The minimum Gasteiger partial charge on any atom is -0.366 e. The molecule has 2 rings (SSSR count). The predicted molar refractivity (Wildman–Crippen MR) is 78.7 cm³/mol. The molecule has 0 unspecified atom stereocenters. The van der Waals surface area contributed by atoms with Gasteiger partial charge in [-0.3, -0.25) is 9.59 Å². The zero-order valence-corrected chi connectivity index (χ0v) is 11.2. The van der Waals surface area contributed by atoms with Crippen LogP contribution < -0.4 is 11.1 Å². The second-order valence-electron chi connectivity index (χ2n) is 4.43. The Balaban J connectivity index is 2.12. The Morgan fingerprint density at radius 3 is 2.43 bits per heavy atom. The zero-order chi connectivity index (χ0) is 15.2. The van der Waals surface area contributed by atoms with Gasteiger partial charge in [-0.25, -0.2) is 0 Å². The van der Waals surface area contributed by atoms with Crippen LogP contribution in [0.15, 0.2) is 48.5 Å². The number of hydrogen-bond donors (Lipinski definition) is 2. The van der Waals surface area contributed by atoms with Gasteiger partial charge in [0.1, 0.15) is 0 Å². The Morgan fingerprint density at radius 2 is 1.81 bits per heavy atom. The van der Waals surface area contributed by atoms with Crippen molar-refractivity contribution in [2.75, 3.05) is 5.32 Å². The lowest BCUT2D eigenvalue weighted by Crippen LogP contribution is -2.13. The molecule has 0 radical (unpaired) electrons. The maximum absolute atomic E-state index is 12.1. The molecule has 0 atom stereocenters. The quantitative estimate of drug-likeness (QED) is 0.897. The second-order valence-corrected chi connectivity index (χ2v) is 4.43. The third kappa shape index (κ3) is 3.67. The van der Waals surface area contributed by atoms with E-state index in [1.807, 2.05) is 6.07 Å². The molecular formula is C16H13N3O2. The molecular weight excluding hydrogens is 266 g/mol. The van der Waals surface area contributed by atoms with E-state index in [9.17, 15) is 9.59 Å². The molecule has 3 N–H and O–H groups in total. The number of nitrogens with two attached hydrogens (primary N) is 1. The Hall–Kier alpha value is -3.13. The van der Waals surface area contributed by atoms with Gasteiger partial charge in [-0.15, -0.1) is 0 Å². The van der Waals surface area contributed by atoms with Crippen molar-refractivity contribution in [2.24, 2.45) is 5.73 Å². The number of benzene rings is 2. The minimum atomic E-state index is -0.517. The van der Waals surface area contributed by atoms with E-state index < -0.39 is 5.91 Å². The third-order valence-electron chi connectivity index (χ3n) is 2.90. The normalized spacial score (nSPS) is 9.67. The molecule has 0 saturated carbocycles. The monoisotopic (exact) mass is 279 g/mol. The van der Waals surface area contributed by atoms with E-state index in [1.165, 1.54) is 0 Å². The molecule has 21 heavy (non-hydrogen) atoms. The maximum atomic E-state index is 12.1. The van der Waals surface area contributed by atoms with Crippen molar-refractivity contribution in [3.8, 4) is 6.07 Å². The van der Waals surface area contributed by atoms with Crippen molar-refractivity contribution in [2.45, 2.75) is 6.42 Å². The molecule has 0 heterocycles. The van der Waals surface area contributed by atoms with Crippen LogP contribution in [-0.2, 0) is 6.42 Å². The van der Waals surface area contributed by atoms with Crippen LogP contribution in [0.3, 0.4) is 0 Å². The predicted octanol–water partition coefficient (Wildman–Crippen LogP) is 2.10. The lowest BCUT2D eigenvalue weighted by atomic mass is 10.1. The number of nitrogens with zero attached hydrogens (tertiary/aromatic N) is 1. The van der Waals surface area contributed by atoms with Gasteiger partial charge in [0.05, 0.1) is 12.5 Å². The van der Waals surface area contributed by atoms with Crippen LogP contribution in [0.2, 0.25) is 0 Å². The lowest BCUT2D eigenvalue weighted by Gasteiger charge is -2.06. The maximum Gasteiger partial charge on any atom is 0.255 e. The molecule has 5 nitrogen and oxygen atoms in total. The first-order valence-electron chi connectivity index (χ1n) is 6.27. The molecule has 0 spiro atoms. The number of primary amides is 1. The van der Waals surface area contributed by atoms with E-state index >= 15 is 0 Å². The van der Waals surface area contributed by atoms with Crippen molar-refractivity contribution in [3.63, 3.8) is 0 Å². The molecule has 0 aliphatic heterocycles. The van der Waals surface area contributed by atoms with Gasteiger partial charge in [0, 0.05) is 16.8 Å². The Bertz CT molecular complexity index is 715. The number of nitrogens with one attached hydrogen (secondary N) is 1. The number of amides is 2. The summed E-state index contributed by atoms with van der Waals surface area (Å²) in [5.41, 5.74) is 7.35. The van der Waals surface area contributed by atoms with Gasteiger partial charge in [-0.2, -0.15) is 5.26 Å². The molecule has 2 aromatic rings. The Morgan fingerprint density at radius 1 is 1.10 bits per heavy atom. The van der Waals surface area contributed by atoms with Gasteiger partial charge in [0.2, 0.25) is 5.91 Å². The van der Waals surface area contributed by atoms with Gasteiger partial charge in [-0.05, 0) is 42.0 Å². The molecule has 0 saturated heterocycles. The number of nitriles is 1. The molecule has 2 aromatic carbocycles. The molecule has 0 aromatic heterocycles. The molecule has 2 amide bonds. The first-order valence-corrected chi connectivity index (χ1v) is 6.27. The highest BCUT2D eigenvalue weighted by molar-refractivity contribution is 6.04.